The summed E-state index contributed by atoms with van der Waals surface area (Å²) in [5, 5.41) is 3.03. The summed E-state index contributed by atoms with van der Waals surface area (Å²) >= 11 is 0. The number of carbonyl (C=O) groups excluding carboxylic acids is 1. The molecular weight excluding hydrogens is 391 g/mol. The largest absolute Gasteiger partial charge is 0.349 e. The zero-order valence-corrected chi connectivity index (χ0v) is 18.2. The third-order valence-corrected chi connectivity index (χ3v) is 6.15. The van der Waals surface area contributed by atoms with Crippen LogP contribution in [-0.2, 0) is 14.8 Å². The van der Waals surface area contributed by atoms with Crippen molar-refractivity contribution in [3.8, 4) is 0 Å². The van der Waals surface area contributed by atoms with Gasteiger partial charge in [-0.1, -0.05) is 25.1 Å². The topological polar surface area (TPSA) is 66.5 Å². The summed E-state index contributed by atoms with van der Waals surface area (Å²) in [7, 11) is -3.53. The number of benzene rings is 2. The molecule has 0 aliphatic heterocycles. The van der Waals surface area contributed by atoms with E-state index in [1.807, 2.05) is 32.9 Å². The quantitative estimate of drug-likeness (QED) is 0.659. The summed E-state index contributed by atoms with van der Waals surface area (Å²) in [6.45, 7) is 6.26. The Kier molecular flexibility index (Phi) is 7.79. The molecule has 2 rings (SSSR count). The van der Waals surface area contributed by atoms with Gasteiger partial charge in [0, 0.05) is 13.0 Å². The number of rotatable bonds is 9. The number of sulfonamides is 1. The van der Waals surface area contributed by atoms with Gasteiger partial charge in [0.1, 0.15) is 5.82 Å². The van der Waals surface area contributed by atoms with Crippen molar-refractivity contribution in [3.05, 3.63) is 65.0 Å². The van der Waals surface area contributed by atoms with Gasteiger partial charge in [-0.25, -0.2) is 12.8 Å². The minimum atomic E-state index is -3.53. The molecule has 0 bridgehead atoms. The first-order valence-corrected chi connectivity index (χ1v) is 11.6. The Morgan fingerprint density at radius 2 is 1.76 bits per heavy atom. The van der Waals surface area contributed by atoms with Crippen molar-refractivity contribution in [3.63, 3.8) is 0 Å². The van der Waals surface area contributed by atoms with Crippen molar-refractivity contribution in [2.24, 2.45) is 0 Å². The standard InChI is InChI=1S/C22H29FN2O3S/c1-5-21(18-9-8-16(2)17(3)15-18)24-22(26)7-6-14-25(29(4,27)28)20-12-10-19(23)11-13-20/h8-13,15,21H,5-7,14H2,1-4H3,(H,24,26)/t21-/m1/s1. The van der Waals surface area contributed by atoms with E-state index in [1.165, 1.54) is 39.7 Å². The number of halogens is 1. The minimum Gasteiger partial charge on any atom is -0.349 e. The molecule has 0 saturated heterocycles. The van der Waals surface area contributed by atoms with Crippen LogP contribution in [-0.4, -0.2) is 27.1 Å². The maximum atomic E-state index is 13.1. The smallest absolute Gasteiger partial charge is 0.232 e. The predicted molar refractivity (Wildman–Crippen MR) is 115 cm³/mol. The summed E-state index contributed by atoms with van der Waals surface area (Å²) in [6, 6.07) is 11.4. The van der Waals surface area contributed by atoms with Crippen LogP contribution in [0.2, 0.25) is 0 Å². The summed E-state index contributed by atoms with van der Waals surface area (Å²) in [4.78, 5) is 12.4. The third kappa shape index (κ3) is 6.56. The van der Waals surface area contributed by atoms with Gasteiger partial charge in [-0.05, 0) is 67.6 Å². The summed E-state index contributed by atoms with van der Waals surface area (Å²) in [5.41, 5.74) is 3.83. The van der Waals surface area contributed by atoms with Gasteiger partial charge in [0.25, 0.3) is 0 Å². The second kappa shape index (κ2) is 9.87. The maximum Gasteiger partial charge on any atom is 0.232 e. The molecule has 0 aliphatic carbocycles. The van der Waals surface area contributed by atoms with E-state index < -0.39 is 15.8 Å². The molecule has 0 heterocycles. The lowest BCUT2D eigenvalue weighted by Crippen LogP contribution is -2.33. The van der Waals surface area contributed by atoms with Crippen molar-refractivity contribution in [1.29, 1.82) is 0 Å². The summed E-state index contributed by atoms with van der Waals surface area (Å²) < 4.78 is 38.5. The first-order valence-electron chi connectivity index (χ1n) is 9.71. The summed E-state index contributed by atoms with van der Waals surface area (Å²) in [6.07, 6.45) is 2.43. The van der Waals surface area contributed by atoms with Crippen LogP contribution >= 0.6 is 0 Å². The Balaban J connectivity index is 1.97. The third-order valence-electron chi connectivity index (χ3n) is 4.96. The molecule has 0 radical (unpaired) electrons. The number of amides is 1. The van der Waals surface area contributed by atoms with Crippen LogP contribution in [0.4, 0.5) is 10.1 Å². The molecule has 0 aromatic heterocycles. The number of hydrogen-bond acceptors (Lipinski definition) is 3. The van der Waals surface area contributed by atoms with Gasteiger partial charge in [-0.3, -0.25) is 9.10 Å². The number of carbonyl (C=O) groups is 1. The van der Waals surface area contributed by atoms with Crippen LogP contribution in [0, 0.1) is 19.7 Å². The van der Waals surface area contributed by atoms with Crippen LogP contribution in [0.5, 0.6) is 0 Å². The second-order valence-electron chi connectivity index (χ2n) is 7.29. The fourth-order valence-corrected chi connectivity index (χ4v) is 4.11. The average molecular weight is 421 g/mol. The van der Waals surface area contributed by atoms with E-state index in [1.54, 1.807) is 0 Å². The van der Waals surface area contributed by atoms with E-state index in [0.717, 1.165) is 18.2 Å². The molecule has 5 nitrogen and oxygen atoms in total. The van der Waals surface area contributed by atoms with Gasteiger partial charge in [0.15, 0.2) is 0 Å². The van der Waals surface area contributed by atoms with Crippen LogP contribution in [0.15, 0.2) is 42.5 Å². The first kappa shape index (κ1) is 22.9. The molecule has 2 aromatic carbocycles. The Morgan fingerprint density at radius 1 is 1.10 bits per heavy atom. The number of nitrogens with zero attached hydrogens (tertiary/aromatic N) is 1. The molecule has 0 saturated carbocycles. The van der Waals surface area contributed by atoms with Gasteiger partial charge in [0.2, 0.25) is 15.9 Å². The highest BCUT2D eigenvalue weighted by Crippen LogP contribution is 2.21. The zero-order chi connectivity index (χ0) is 21.6. The highest BCUT2D eigenvalue weighted by atomic mass is 32.2. The van der Waals surface area contributed by atoms with Crippen molar-refractivity contribution in [1.82, 2.24) is 5.32 Å². The number of nitrogens with one attached hydrogen (secondary N) is 1. The Morgan fingerprint density at radius 3 is 2.31 bits per heavy atom. The molecule has 0 unspecified atom stereocenters. The fourth-order valence-electron chi connectivity index (χ4n) is 3.15. The first-order chi connectivity index (χ1) is 13.6. The Bertz CT molecular complexity index is 943. The van der Waals surface area contributed by atoms with Crippen molar-refractivity contribution in [2.45, 2.75) is 46.1 Å². The lowest BCUT2D eigenvalue weighted by molar-refractivity contribution is -0.121. The molecule has 1 atom stereocenters. The normalized spacial score (nSPS) is 12.4. The average Bonchev–Trinajstić information content (AvgIpc) is 2.65. The van der Waals surface area contributed by atoms with Gasteiger partial charge < -0.3 is 5.32 Å². The SMILES string of the molecule is CC[C@@H](NC(=O)CCCN(c1ccc(F)cc1)S(C)(=O)=O)c1ccc(C)c(C)c1. The van der Waals surface area contributed by atoms with Crippen molar-refractivity contribution >= 4 is 21.6 Å². The second-order valence-corrected chi connectivity index (χ2v) is 9.19. The van der Waals surface area contributed by atoms with Gasteiger partial charge >= 0.3 is 0 Å². The molecular formula is C22H29FN2O3S. The van der Waals surface area contributed by atoms with E-state index in [9.17, 15) is 17.6 Å². The number of aryl methyl sites for hydroxylation is 2. The van der Waals surface area contributed by atoms with Crippen LogP contribution < -0.4 is 9.62 Å². The zero-order valence-electron chi connectivity index (χ0n) is 17.4. The molecule has 0 aliphatic rings. The van der Waals surface area contributed by atoms with Crippen LogP contribution in [0.3, 0.4) is 0 Å². The van der Waals surface area contributed by atoms with Crippen molar-refractivity contribution in [2.75, 3.05) is 17.1 Å². The van der Waals surface area contributed by atoms with Crippen LogP contribution in [0.25, 0.3) is 0 Å². The molecule has 29 heavy (non-hydrogen) atoms. The minimum absolute atomic E-state index is 0.0788. The van der Waals surface area contributed by atoms with Crippen LogP contribution in [0.1, 0.15) is 48.9 Å². The van der Waals surface area contributed by atoms with E-state index in [2.05, 4.69) is 11.4 Å². The number of hydrogen-bond donors (Lipinski definition) is 1. The summed E-state index contributed by atoms with van der Waals surface area (Å²) in [5.74, 6) is -0.554. The van der Waals surface area contributed by atoms with E-state index in [4.69, 9.17) is 0 Å². The van der Waals surface area contributed by atoms with Gasteiger partial charge in [-0.2, -0.15) is 0 Å². The molecule has 0 fully saturated rings. The molecule has 158 valence electrons. The molecule has 0 spiro atoms. The van der Waals surface area contributed by atoms with Crippen molar-refractivity contribution < 1.29 is 17.6 Å². The molecule has 7 heteroatoms. The van der Waals surface area contributed by atoms with E-state index in [0.29, 0.717) is 12.1 Å². The lowest BCUT2D eigenvalue weighted by atomic mass is 9.99. The van der Waals surface area contributed by atoms with Gasteiger partial charge in [0.05, 0.1) is 18.0 Å². The van der Waals surface area contributed by atoms with Gasteiger partial charge in [-0.15, -0.1) is 0 Å². The molecule has 1 amide bonds. The van der Waals surface area contributed by atoms with E-state index >= 15 is 0 Å². The fraction of sp³-hybridized carbons (Fsp3) is 0.409. The highest BCUT2D eigenvalue weighted by Gasteiger charge is 2.18. The highest BCUT2D eigenvalue weighted by molar-refractivity contribution is 7.92. The van der Waals surface area contributed by atoms with E-state index in [-0.39, 0.29) is 24.9 Å². The Labute approximate surface area is 173 Å². The number of anilines is 1. The predicted octanol–water partition coefficient (Wildman–Crippen LogP) is 4.26. The monoisotopic (exact) mass is 420 g/mol. The lowest BCUT2D eigenvalue weighted by Gasteiger charge is -2.23. The molecule has 1 N–H and O–H groups in total. The Hall–Kier alpha value is -2.41. The maximum absolute atomic E-state index is 13.1. The molecule has 2 aromatic rings.